The molecule has 6 aromatic rings. The number of aromatic nitrogens is 2. The number of pyridine rings is 2. The molecule has 0 bridgehead atoms. The van der Waals surface area contributed by atoms with Gasteiger partial charge >= 0.3 is 0 Å². The van der Waals surface area contributed by atoms with E-state index in [0.29, 0.717) is 0 Å². The lowest BCUT2D eigenvalue weighted by atomic mass is 9.80. The minimum absolute atomic E-state index is 0.977. The largest absolute Gasteiger partial charge is 0.254 e. The van der Waals surface area contributed by atoms with Crippen LogP contribution in [0.4, 0.5) is 0 Å². The second-order valence-corrected chi connectivity index (χ2v) is 11.0. The van der Waals surface area contributed by atoms with Gasteiger partial charge in [-0.1, -0.05) is 65.8 Å². The van der Waals surface area contributed by atoms with Gasteiger partial charge in [0.15, 0.2) is 0 Å². The molecule has 0 spiro atoms. The van der Waals surface area contributed by atoms with E-state index in [1.807, 2.05) is 53.7 Å². The highest BCUT2D eigenvalue weighted by atomic mass is 14.7. The van der Waals surface area contributed by atoms with Crippen LogP contribution in [0.15, 0.2) is 48.8 Å². The summed E-state index contributed by atoms with van der Waals surface area (Å²) in [5, 5.41) is 8.19. The van der Waals surface area contributed by atoms with Crippen LogP contribution in [0.2, 0.25) is 0 Å². The molecule has 0 N–H and O–H groups in total. The van der Waals surface area contributed by atoms with Crippen LogP contribution in [0.3, 0.4) is 0 Å². The van der Waals surface area contributed by atoms with Gasteiger partial charge < -0.3 is 0 Å². The molecule has 6 rings (SSSR count). The van der Waals surface area contributed by atoms with Crippen molar-refractivity contribution >= 4 is 43.4 Å². The molecule has 0 amide bonds. The van der Waals surface area contributed by atoms with Crippen molar-refractivity contribution in [2.45, 2.75) is 111 Å². The average molecular weight is 589 g/mol. The van der Waals surface area contributed by atoms with Crippen molar-refractivity contribution in [1.82, 2.24) is 9.97 Å². The van der Waals surface area contributed by atoms with Gasteiger partial charge in [0.25, 0.3) is 0 Å². The molecule has 0 aliphatic carbocycles. The normalized spacial score (nSPS) is 10.3. The summed E-state index contributed by atoms with van der Waals surface area (Å²) in [6.07, 6.45) is 3.60. The van der Waals surface area contributed by atoms with Crippen molar-refractivity contribution in [3.05, 3.63) is 104 Å². The third kappa shape index (κ3) is 6.36. The molecule has 4 aromatic carbocycles. The van der Waals surface area contributed by atoms with Crippen LogP contribution < -0.4 is 0 Å². The Morgan fingerprint density at radius 3 is 0.818 bits per heavy atom. The molecule has 0 radical (unpaired) electrons. The Balaban J connectivity index is 0.000000286. The van der Waals surface area contributed by atoms with Gasteiger partial charge in [-0.25, -0.2) is 0 Å². The van der Waals surface area contributed by atoms with E-state index < -0.39 is 0 Å². The van der Waals surface area contributed by atoms with Gasteiger partial charge in [0, 0.05) is 23.2 Å². The molecular weight excluding hydrogens is 532 g/mol. The van der Waals surface area contributed by atoms with Crippen LogP contribution >= 0.6 is 0 Å². The molecule has 0 saturated carbocycles. The highest BCUT2D eigenvalue weighted by Gasteiger charge is 2.20. The number of hydrogen-bond donors (Lipinski definition) is 0. The number of aryl methyl sites for hydroxylation is 6. The van der Waals surface area contributed by atoms with Gasteiger partial charge in [-0.05, 0) is 159 Å². The smallest absolute Gasteiger partial charge is 0.0964 e. The molecule has 2 aromatic heterocycles. The van der Waals surface area contributed by atoms with E-state index in [0.717, 1.165) is 21.8 Å². The minimum atomic E-state index is 0.977. The maximum Gasteiger partial charge on any atom is 0.0964 e. The molecular formula is C42H56N2. The third-order valence-corrected chi connectivity index (χ3v) is 9.22. The Kier molecular flexibility index (Phi) is 13.1. The Hall–Kier alpha value is -3.78. The first-order chi connectivity index (χ1) is 21.1. The standard InChI is InChI=1S/C24H30.C12H8N2.3C2H6/c1-11-12(2)16(6)22-20(10)24-18(8)14(4)13(3)17(7)23(24)19(9)21(22)15(11)5;1-3-9-5-6-10-4-2-8-14-12(10)11(9)13-7-1;3*1-2/h1-10H3;1-8H;3*1-2H3. The zero-order valence-electron chi connectivity index (χ0n) is 30.5. The van der Waals surface area contributed by atoms with E-state index in [4.69, 9.17) is 0 Å². The average Bonchev–Trinajstić information content (AvgIpc) is 3.08. The topological polar surface area (TPSA) is 25.8 Å². The second kappa shape index (κ2) is 15.8. The number of fused-ring (bicyclic) bond motifs is 5. The molecule has 0 fully saturated rings. The first-order valence-corrected chi connectivity index (χ1v) is 16.5. The van der Waals surface area contributed by atoms with Gasteiger partial charge in [0.2, 0.25) is 0 Å². The SMILES string of the molecule is CC.CC.CC.Cc1c(C)c(C)c2c(C)c3c(C)c(C)c(C)c(C)c3c(C)c2c1C.c1cnc2c(c1)ccc1cccnc12. The van der Waals surface area contributed by atoms with E-state index in [2.05, 4.69) is 103 Å². The molecule has 2 nitrogen and oxygen atoms in total. The summed E-state index contributed by atoms with van der Waals surface area (Å²) >= 11 is 0. The van der Waals surface area contributed by atoms with Gasteiger partial charge in [-0.15, -0.1) is 0 Å². The number of hydrogen-bond acceptors (Lipinski definition) is 2. The summed E-state index contributed by atoms with van der Waals surface area (Å²) in [6, 6.07) is 12.1. The van der Waals surface area contributed by atoms with Gasteiger partial charge in [-0.2, -0.15) is 0 Å². The minimum Gasteiger partial charge on any atom is -0.254 e. The first-order valence-electron chi connectivity index (χ1n) is 16.5. The van der Waals surface area contributed by atoms with Crippen molar-refractivity contribution in [3.8, 4) is 0 Å². The fraction of sp³-hybridized carbons (Fsp3) is 0.381. The number of benzene rings is 4. The van der Waals surface area contributed by atoms with Crippen LogP contribution in [-0.2, 0) is 0 Å². The Bertz CT molecular complexity index is 1690. The summed E-state index contributed by atoms with van der Waals surface area (Å²) in [6.45, 7) is 34.9. The van der Waals surface area contributed by atoms with E-state index in [9.17, 15) is 0 Å². The highest BCUT2D eigenvalue weighted by Crippen LogP contribution is 2.42. The first kappa shape index (κ1) is 36.4. The summed E-state index contributed by atoms with van der Waals surface area (Å²) in [4.78, 5) is 8.69. The van der Waals surface area contributed by atoms with E-state index in [1.165, 1.54) is 77.2 Å². The summed E-state index contributed by atoms with van der Waals surface area (Å²) in [5.41, 5.74) is 16.4. The zero-order chi connectivity index (χ0) is 33.5. The molecule has 2 heterocycles. The summed E-state index contributed by atoms with van der Waals surface area (Å²) in [5.74, 6) is 0. The van der Waals surface area contributed by atoms with E-state index in [-0.39, 0.29) is 0 Å². The fourth-order valence-corrected chi connectivity index (χ4v) is 6.43. The van der Waals surface area contributed by atoms with Crippen molar-refractivity contribution in [2.24, 2.45) is 0 Å². The molecule has 0 saturated heterocycles. The molecule has 0 unspecified atom stereocenters. The predicted octanol–water partition coefficient (Wildman–Crippen LogP) is 12.9. The highest BCUT2D eigenvalue weighted by molar-refractivity contribution is 6.11. The Labute approximate surface area is 268 Å². The lowest BCUT2D eigenvalue weighted by molar-refractivity contribution is 1.22. The maximum absolute atomic E-state index is 4.35. The quantitative estimate of drug-likeness (QED) is 0.130. The predicted molar refractivity (Wildman–Crippen MR) is 200 cm³/mol. The number of rotatable bonds is 0. The van der Waals surface area contributed by atoms with Gasteiger partial charge in [0.05, 0.1) is 11.0 Å². The van der Waals surface area contributed by atoms with Crippen molar-refractivity contribution < 1.29 is 0 Å². The Morgan fingerprint density at radius 2 is 0.568 bits per heavy atom. The van der Waals surface area contributed by atoms with Crippen LogP contribution in [0.25, 0.3) is 43.4 Å². The van der Waals surface area contributed by atoms with E-state index >= 15 is 0 Å². The second-order valence-electron chi connectivity index (χ2n) is 11.0. The molecule has 234 valence electrons. The molecule has 0 atom stereocenters. The van der Waals surface area contributed by atoms with E-state index in [1.54, 1.807) is 12.4 Å². The molecule has 0 aliphatic heterocycles. The molecule has 2 heteroatoms. The van der Waals surface area contributed by atoms with Gasteiger partial charge in [-0.3, -0.25) is 9.97 Å². The van der Waals surface area contributed by atoms with Crippen molar-refractivity contribution in [3.63, 3.8) is 0 Å². The molecule has 0 aliphatic rings. The lowest BCUT2D eigenvalue weighted by Crippen LogP contribution is -2.03. The van der Waals surface area contributed by atoms with Crippen LogP contribution in [0.5, 0.6) is 0 Å². The third-order valence-electron chi connectivity index (χ3n) is 9.22. The Morgan fingerprint density at radius 1 is 0.318 bits per heavy atom. The van der Waals surface area contributed by atoms with Crippen molar-refractivity contribution in [2.75, 3.05) is 0 Å². The maximum atomic E-state index is 4.35. The monoisotopic (exact) mass is 588 g/mol. The van der Waals surface area contributed by atoms with Crippen LogP contribution in [-0.4, -0.2) is 9.97 Å². The van der Waals surface area contributed by atoms with Crippen molar-refractivity contribution in [1.29, 1.82) is 0 Å². The fourth-order valence-electron chi connectivity index (χ4n) is 6.43. The number of nitrogens with zero attached hydrogens (tertiary/aromatic N) is 2. The van der Waals surface area contributed by atoms with Crippen LogP contribution in [0, 0.1) is 69.2 Å². The zero-order valence-corrected chi connectivity index (χ0v) is 30.5. The summed E-state index contributed by atoms with van der Waals surface area (Å²) < 4.78 is 0. The summed E-state index contributed by atoms with van der Waals surface area (Å²) in [7, 11) is 0. The van der Waals surface area contributed by atoms with Crippen LogP contribution in [0.1, 0.15) is 97.2 Å². The molecule has 44 heavy (non-hydrogen) atoms. The lowest BCUT2D eigenvalue weighted by Gasteiger charge is -2.24. The van der Waals surface area contributed by atoms with Gasteiger partial charge in [0.1, 0.15) is 0 Å².